The predicted octanol–water partition coefficient (Wildman–Crippen LogP) is 3.93. The van der Waals surface area contributed by atoms with Gasteiger partial charge in [0.2, 0.25) is 5.91 Å². The maximum Gasteiger partial charge on any atom is 0.414 e. The highest BCUT2D eigenvalue weighted by atomic mass is 19.1. The summed E-state index contributed by atoms with van der Waals surface area (Å²) in [5.41, 5.74) is 7.76. The highest BCUT2D eigenvalue weighted by Crippen LogP contribution is 2.28. The molecular weight excluding hydrogens is 517 g/mol. The number of halogens is 1. The molecule has 2 heterocycles. The van der Waals surface area contributed by atoms with Crippen molar-refractivity contribution < 1.29 is 28.2 Å². The summed E-state index contributed by atoms with van der Waals surface area (Å²) in [5, 5.41) is 2.59. The van der Waals surface area contributed by atoms with Gasteiger partial charge in [0.1, 0.15) is 17.5 Å². The molecule has 2 aliphatic heterocycles. The predicted molar refractivity (Wildman–Crippen MR) is 151 cm³/mol. The van der Waals surface area contributed by atoms with E-state index in [-0.39, 0.29) is 19.0 Å². The first-order chi connectivity index (χ1) is 19.0. The number of alkyl carbamates (subject to hydrolysis) is 1. The summed E-state index contributed by atoms with van der Waals surface area (Å²) in [5.74, 6) is -0.349. The van der Waals surface area contributed by atoms with E-state index in [0.717, 1.165) is 24.1 Å². The first kappa shape index (κ1) is 29.0. The van der Waals surface area contributed by atoms with Crippen LogP contribution in [-0.4, -0.2) is 74.0 Å². The number of nitrogens with one attached hydrogen (secondary N) is 1. The van der Waals surface area contributed by atoms with Gasteiger partial charge in [0.05, 0.1) is 24.5 Å². The van der Waals surface area contributed by atoms with Crippen LogP contribution < -0.4 is 20.9 Å². The number of carbonyl (C=O) groups is 3. The standard InChI is InChI=1S/C29H38FN5O5/c1-29(2,3)40-27(37)32-18-23-19-35(28(38)39-23)22-11-12-25(24(30)17-22)33-13-15-34(16-14-33)26(36)6-4-5-20-7-9-21(31)10-8-20/h7-12,17,23H,4-6,13-16,18-19,31H2,1-3H3,(H,32,37)/t23-/m0/s1. The van der Waals surface area contributed by atoms with Crippen molar-refractivity contribution in [3.63, 3.8) is 0 Å². The Bertz CT molecular complexity index is 1210. The lowest BCUT2D eigenvalue weighted by Crippen LogP contribution is -2.49. The van der Waals surface area contributed by atoms with Gasteiger partial charge in [-0.25, -0.2) is 14.0 Å². The number of hydrogen-bond acceptors (Lipinski definition) is 7. The van der Waals surface area contributed by atoms with Crippen LogP contribution in [0.2, 0.25) is 0 Å². The van der Waals surface area contributed by atoms with Gasteiger partial charge in [0, 0.05) is 38.3 Å². The molecule has 3 N–H and O–H groups in total. The van der Waals surface area contributed by atoms with Gasteiger partial charge in [-0.15, -0.1) is 0 Å². The zero-order valence-electron chi connectivity index (χ0n) is 23.3. The largest absolute Gasteiger partial charge is 0.444 e. The number of hydrogen-bond donors (Lipinski definition) is 2. The fourth-order valence-electron chi connectivity index (χ4n) is 4.75. The van der Waals surface area contributed by atoms with Crippen molar-refractivity contribution in [3.05, 3.63) is 53.8 Å². The quantitative estimate of drug-likeness (QED) is 0.474. The van der Waals surface area contributed by atoms with E-state index in [9.17, 15) is 14.4 Å². The fourth-order valence-corrected chi connectivity index (χ4v) is 4.75. The molecule has 2 aromatic rings. The first-order valence-electron chi connectivity index (χ1n) is 13.6. The Labute approximate surface area is 234 Å². The molecule has 11 heteroatoms. The van der Waals surface area contributed by atoms with Gasteiger partial charge >= 0.3 is 12.2 Å². The van der Waals surface area contributed by atoms with E-state index in [1.165, 1.54) is 11.0 Å². The van der Waals surface area contributed by atoms with Gasteiger partial charge in [-0.2, -0.15) is 0 Å². The number of amides is 3. The number of nitrogens with two attached hydrogens (primary N) is 1. The summed E-state index contributed by atoms with van der Waals surface area (Å²) >= 11 is 0. The van der Waals surface area contributed by atoms with Crippen molar-refractivity contribution in [2.24, 2.45) is 0 Å². The number of nitrogen functional groups attached to an aromatic ring is 1. The van der Waals surface area contributed by atoms with Crippen LogP contribution >= 0.6 is 0 Å². The van der Waals surface area contributed by atoms with E-state index in [4.69, 9.17) is 15.2 Å². The van der Waals surface area contributed by atoms with Crippen molar-refractivity contribution in [2.45, 2.75) is 51.7 Å². The third-order valence-corrected chi connectivity index (χ3v) is 6.80. The number of aryl methyl sites for hydroxylation is 1. The molecule has 4 rings (SSSR count). The minimum absolute atomic E-state index is 0.0854. The van der Waals surface area contributed by atoms with Crippen LogP contribution in [-0.2, 0) is 20.7 Å². The number of benzene rings is 2. The molecule has 2 fully saturated rings. The highest BCUT2D eigenvalue weighted by Gasteiger charge is 2.33. The minimum atomic E-state index is -0.636. The van der Waals surface area contributed by atoms with Crippen molar-refractivity contribution in [1.29, 1.82) is 0 Å². The minimum Gasteiger partial charge on any atom is -0.444 e. The molecule has 10 nitrogen and oxygen atoms in total. The van der Waals surface area contributed by atoms with Crippen molar-refractivity contribution in [1.82, 2.24) is 10.2 Å². The Morgan fingerprint density at radius 3 is 2.45 bits per heavy atom. The van der Waals surface area contributed by atoms with Crippen molar-refractivity contribution in [3.8, 4) is 0 Å². The molecule has 216 valence electrons. The maximum absolute atomic E-state index is 15.1. The topological polar surface area (TPSA) is 117 Å². The van der Waals surface area contributed by atoms with E-state index < -0.39 is 29.7 Å². The fraction of sp³-hybridized carbons (Fsp3) is 0.483. The highest BCUT2D eigenvalue weighted by molar-refractivity contribution is 5.90. The summed E-state index contributed by atoms with van der Waals surface area (Å²) < 4.78 is 25.7. The summed E-state index contributed by atoms with van der Waals surface area (Å²) in [7, 11) is 0. The number of piperazine rings is 1. The first-order valence-corrected chi connectivity index (χ1v) is 13.6. The van der Waals surface area contributed by atoms with E-state index in [1.807, 2.05) is 34.1 Å². The van der Waals surface area contributed by atoms with E-state index in [2.05, 4.69) is 5.32 Å². The normalized spacial score (nSPS) is 17.6. The zero-order valence-corrected chi connectivity index (χ0v) is 23.3. The Hall–Kier alpha value is -4.02. The summed E-state index contributed by atoms with van der Waals surface area (Å²) in [4.78, 5) is 42.1. The monoisotopic (exact) mass is 555 g/mol. The molecule has 3 amide bonds. The third-order valence-electron chi connectivity index (χ3n) is 6.80. The second-order valence-corrected chi connectivity index (χ2v) is 11.1. The summed E-state index contributed by atoms with van der Waals surface area (Å²) in [6.45, 7) is 7.61. The average molecular weight is 556 g/mol. The molecule has 0 bridgehead atoms. The number of anilines is 3. The molecule has 0 spiro atoms. The van der Waals surface area contributed by atoms with E-state index >= 15 is 4.39 Å². The molecule has 0 radical (unpaired) electrons. The summed E-state index contributed by atoms with van der Waals surface area (Å²) in [6, 6.07) is 12.3. The Morgan fingerprint density at radius 1 is 1.10 bits per heavy atom. The van der Waals surface area contributed by atoms with Gasteiger partial charge in [-0.05, 0) is 69.5 Å². The van der Waals surface area contributed by atoms with E-state index in [0.29, 0.717) is 44.0 Å². The Balaban J connectivity index is 1.24. The molecule has 1 atom stereocenters. The zero-order chi connectivity index (χ0) is 28.9. The molecule has 2 saturated heterocycles. The average Bonchev–Trinajstić information content (AvgIpc) is 3.28. The van der Waals surface area contributed by atoms with Gasteiger partial charge in [0.15, 0.2) is 0 Å². The van der Waals surface area contributed by atoms with Crippen LogP contribution in [0.4, 0.5) is 31.0 Å². The SMILES string of the molecule is CC(C)(C)OC(=O)NC[C@H]1CN(c2ccc(N3CCN(C(=O)CCCc4ccc(N)cc4)CC3)c(F)c2)C(=O)O1. The van der Waals surface area contributed by atoms with Crippen LogP contribution in [0.3, 0.4) is 0 Å². The number of nitrogens with zero attached hydrogens (tertiary/aromatic N) is 3. The second kappa shape index (κ2) is 12.4. The molecular formula is C29H38FN5O5. The number of cyclic esters (lactones) is 1. The molecule has 0 unspecified atom stereocenters. The van der Waals surface area contributed by atoms with Gasteiger partial charge in [-0.1, -0.05) is 12.1 Å². The third kappa shape index (κ3) is 7.77. The lowest BCUT2D eigenvalue weighted by atomic mass is 10.1. The smallest absolute Gasteiger partial charge is 0.414 e. The molecule has 0 aromatic heterocycles. The molecule has 2 aromatic carbocycles. The van der Waals surface area contributed by atoms with Crippen molar-refractivity contribution in [2.75, 3.05) is 54.8 Å². The lowest BCUT2D eigenvalue weighted by Gasteiger charge is -2.36. The molecule has 40 heavy (non-hydrogen) atoms. The van der Waals surface area contributed by atoms with Crippen LogP contribution in [0.25, 0.3) is 0 Å². The summed E-state index contributed by atoms with van der Waals surface area (Å²) in [6.07, 6.45) is 0.252. The van der Waals surface area contributed by atoms with Crippen LogP contribution in [0.1, 0.15) is 39.2 Å². The van der Waals surface area contributed by atoms with Gasteiger partial charge in [0.25, 0.3) is 0 Å². The lowest BCUT2D eigenvalue weighted by molar-refractivity contribution is -0.131. The van der Waals surface area contributed by atoms with Crippen LogP contribution in [0.5, 0.6) is 0 Å². The van der Waals surface area contributed by atoms with Crippen LogP contribution in [0, 0.1) is 5.82 Å². The number of carbonyl (C=O) groups excluding carboxylic acids is 3. The Morgan fingerprint density at radius 2 is 1.80 bits per heavy atom. The number of rotatable bonds is 8. The Kier molecular flexibility index (Phi) is 9.01. The molecule has 0 aliphatic carbocycles. The van der Waals surface area contributed by atoms with Crippen LogP contribution in [0.15, 0.2) is 42.5 Å². The maximum atomic E-state index is 15.1. The van der Waals surface area contributed by atoms with E-state index in [1.54, 1.807) is 32.9 Å². The van der Waals surface area contributed by atoms with Crippen molar-refractivity contribution >= 4 is 35.2 Å². The van der Waals surface area contributed by atoms with Gasteiger partial charge in [-0.3, -0.25) is 9.69 Å². The second-order valence-electron chi connectivity index (χ2n) is 11.1. The molecule has 2 aliphatic rings. The van der Waals surface area contributed by atoms with Gasteiger partial charge < -0.3 is 30.3 Å². The molecule has 0 saturated carbocycles. The number of ether oxygens (including phenoxy) is 2.